The average Bonchev–Trinajstić information content (AvgIpc) is 3.55. The van der Waals surface area contributed by atoms with Gasteiger partial charge >= 0.3 is 0 Å². The van der Waals surface area contributed by atoms with Gasteiger partial charge in [-0.05, 0) is 54.1 Å². The van der Waals surface area contributed by atoms with Crippen molar-refractivity contribution in [2.45, 2.75) is 22.4 Å². The molecular formula is C30H26N6O3S. The first kappa shape index (κ1) is 24.5. The van der Waals surface area contributed by atoms with Crippen LogP contribution in [0.3, 0.4) is 0 Å². The SMILES string of the molecule is O=c1[nH]cccc1N1CCOC(c2cccc3c2Oc2ccc(NCc4cncc(-n5cccn5)c4)cc2S3)C1. The maximum Gasteiger partial charge on any atom is 0.271 e. The number of rotatable bonds is 6. The highest BCUT2D eigenvalue weighted by atomic mass is 32.2. The highest BCUT2D eigenvalue weighted by molar-refractivity contribution is 7.99. The Balaban J connectivity index is 1.07. The second-order valence-corrected chi connectivity index (χ2v) is 10.7. The van der Waals surface area contributed by atoms with Crippen LogP contribution in [0.4, 0.5) is 11.4 Å². The molecular weight excluding hydrogens is 524 g/mol. The quantitative estimate of drug-likeness (QED) is 0.285. The number of hydrogen-bond donors (Lipinski definition) is 2. The third-order valence-corrected chi connectivity index (χ3v) is 8.06. The van der Waals surface area contributed by atoms with E-state index in [2.05, 4.69) is 49.5 Å². The lowest BCUT2D eigenvalue weighted by atomic mass is 10.1. The molecule has 1 unspecified atom stereocenters. The minimum atomic E-state index is -0.211. The Morgan fingerprint density at radius 2 is 2.05 bits per heavy atom. The number of anilines is 2. The zero-order valence-corrected chi connectivity index (χ0v) is 22.3. The summed E-state index contributed by atoms with van der Waals surface area (Å²) in [6.07, 6.45) is 8.75. The molecule has 2 aliphatic heterocycles. The minimum Gasteiger partial charge on any atom is -0.455 e. The van der Waals surface area contributed by atoms with Crippen LogP contribution in [0.25, 0.3) is 5.69 Å². The number of pyridine rings is 2. The maximum atomic E-state index is 12.4. The Morgan fingerprint density at radius 1 is 1.07 bits per heavy atom. The number of benzene rings is 2. The molecule has 0 bridgehead atoms. The van der Waals surface area contributed by atoms with Crippen LogP contribution in [-0.2, 0) is 11.3 Å². The molecule has 2 aliphatic rings. The van der Waals surface area contributed by atoms with Crippen LogP contribution in [0, 0.1) is 0 Å². The Kier molecular flexibility index (Phi) is 6.46. The van der Waals surface area contributed by atoms with Gasteiger partial charge in [-0.3, -0.25) is 9.78 Å². The number of fused-ring (bicyclic) bond motifs is 2. The van der Waals surface area contributed by atoms with Crippen molar-refractivity contribution in [1.29, 1.82) is 0 Å². The van der Waals surface area contributed by atoms with Crippen LogP contribution >= 0.6 is 11.8 Å². The number of para-hydroxylation sites is 1. The van der Waals surface area contributed by atoms with Crippen molar-refractivity contribution in [2.75, 3.05) is 29.9 Å². The van der Waals surface area contributed by atoms with Crippen molar-refractivity contribution >= 4 is 23.1 Å². The standard InChI is InChI=1S/C30H26N6O3S/c37-30-24(5-2-9-32-30)35-12-13-38-26(19-35)23-4-1-6-27-29(23)39-25-8-7-21(15-28(25)40-27)33-17-20-14-22(18-31-16-20)36-11-3-10-34-36/h1-11,14-16,18,26,33H,12-13,17,19H2,(H,32,37). The zero-order valence-electron chi connectivity index (χ0n) is 21.5. The predicted molar refractivity (Wildman–Crippen MR) is 154 cm³/mol. The second kappa shape index (κ2) is 10.6. The molecule has 1 saturated heterocycles. The second-order valence-electron chi connectivity index (χ2n) is 9.59. The fourth-order valence-electron chi connectivity index (χ4n) is 5.03. The summed E-state index contributed by atoms with van der Waals surface area (Å²) in [5.74, 6) is 1.63. The van der Waals surface area contributed by atoms with E-state index in [-0.39, 0.29) is 11.7 Å². The van der Waals surface area contributed by atoms with Gasteiger partial charge in [0.15, 0.2) is 0 Å². The molecule has 0 radical (unpaired) electrons. The highest BCUT2D eigenvalue weighted by Crippen LogP contribution is 2.50. The van der Waals surface area contributed by atoms with Crippen LogP contribution in [0.1, 0.15) is 17.2 Å². The normalized spacial score (nSPS) is 16.1. The third-order valence-electron chi connectivity index (χ3n) is 6.98. The van der Waals surface area contributed by atoms with E-state index in [1.807, 2.05) is 48.8 Å². The first-order chi connectivity index (χ1) is 19.7. The Hall–Kier alpha value is -4.54. The molecule has 0 saturated carbocycles. The van der Waals surface area contributed by atoms with Gasteiger partial charge in [-0.2, -0.15) is 5.10 Å². The summed E-state index contributed by atoms with van der Waals surface area (Å²) in [6, 6.07) is 20.0. The summed E-state index contributed by atoms with van der Waals surface area (Å²) in [7, 11) is 0. The fraction of sp³-hybridized carbons (Fsp3) is 0.167. The molecule has 9 nitrogen and oxygen atoms in total. The van der Waals surface area contributed by atoms with E-state index in [1.54, 1.807) is 35.0 Å². The minimum absolute atomic E-state index is 0.0923. The topological polar surface area (TPSA) is 97.3 Å². The molecule has 2 aromatic carbocycles. The van der Waals surface area contributed by atoms with E-state index in [4.69, 9.17) is 9.47 Å². The van der Waals surface area contributed by atoms with Gasteiger partial charge in [0.2, 0.25) is 0 Å². The highest BCUT2D eigenvalue weighted by Gasteiger charge is 2.29. The molecule has 2 N–H and O–H groups in total. The van der Waals surface area contributed by atoms with E-state index < -0.39 is 0 Å². The molecule has 3 aromatic heterocycles. The van der Waals surface area contributed by atoms with Crippen LogP contribution in [0.5, 0.6) is 11.5 Å². The first-order valence-corrected chi connectivity index (χ1v) is 13.9. The molecule has 0 aliphatic carbocycles. The van der Waals surface area contributed by atoms with Crippen molar-refractivity contribution < 1.29 is 9.47 Å². The van der Waals surface area contributed by atoms with Crippen molar-refractivity contribution in [3.63, 3.8) is 0 Å². The van der Waals surface area contributed by atoms with Crippen molar-refractivity contribution in [3.8, 4) is 17.2 Å². The molecule has 0 spiro atoms. The molecule has 1 atom stereocenters. The molecule has 5 heterocycles. The number of aromatic amines is 1. The molecule has 0 amide bonds. The van der Waals surface area contributed by atoms with Gasteiger partial charge < -0.3 is 24.7 Å². The molecule has 5 aromatic rings. The van der Waals surface area contributed by atoms with E-state index in [0.717, 1.165) is 43.8 Å². The average molecular weight is 551 g/mol. The van der Waals surface area contributed by atoms with Gasteiger partial charge in [0.05, 0.1) is 28.3 Å². The lowest BCUT2D eigenvalue weighted by Crippen LogP contribution is -2.41. The van der Waals surface area contributed by atoms with Crippen molar-refractivity contribution in [3.05, 3.63) is 113 Å². The summed E-state index contributed by atoms with van der Waals surface area (Å²) in [6.45, 7) is 2.40. The van der Waals surface area contributed by atoms with Gasteiger partial charge in [-0.1, -0.05) is 23.9 Å². The summed E-state index contributed by atoms with van der Waals surface area (Å²) in [5, 5.41) is 7.79. The number of nitrogens with zero attached hydrogens (tertiary/aromatic N) is 4. The number of morpholine rings is 1. The summed E-state index contributed by atoms with van der Waals surface area (Å²) >= 11 is 1.68. The Morgan fingerprint density at radius 3 is 2.95 bits per heavy atom. The molecule has 10 heteroatoms. The number of hydrogen-bond acceptors (Lipinski definition) is 8. The fourth-order valence-corrected chi connectivity index (χ4v) is 6.06. The van der Waals surface area contributed by atoms with Crippen LogP contribution in [0.2, 0.25) is 0 Å². The zero-order chi connectivity index (χ0) is 26.9. The summed E-state index contributed by atoms with van der Waals surface area (Å²) in [5.41, 5.74) is 4.53. The number of aromatic nitrogens is 4. The molecule has 40 heavy (non-hydrogen) atoms. The largest absolute Gasteiger partial charge is 0.455 e. The van der Waals surface area contributed by atoms with Gasteiger partial charge in [0, 0.05) is 55.7 Å². The Labute approximate surface area is 234 Å². The number of ether oxygens (including phenoxy) is 2. The smallest absolute Gasteiger partial charge is 0.271 e. The lowest BCUT2D eigenvalue weighted by molar-refractivity contribution is 0.0382. The third kappa shape index (κ3) is 4.83. The predicted octanol–water partition coefficient (Wildman–Crippen LogP) is 5.40. The van der Waals surface area contributed by atoms with E-state index >= 15 is 0 Å². The first-order valence-electron chi connectivity index (χ1n) is 13.1. The molecule has 7 rings (SSSR count). The molecule has 200 valence electrons. The van der Waals surface area contributed by atoms with Crippen molar-refractivity contribution in [1.82, 2.24) is 19.7 Å². The van der Waals surface area contributed by atoms with E-state index in [0.29, 0.717) is 31.9 Å². The van der Waals surface area contributed by atoms with E-state index in [1.165, 1.54) is 0 Å². The number of H-pyrrole nitrogens is 1. The van der Waals surface area contributed by atoms with Crippen LogP contribution < -0.4 is 20.5 Å². The van der Waals surface area contributed by atoms with Gasteiger partial charge in [-0.25, -0.2) is 4.68 Å². The van der Waals surface area contributed by atoms with Crippen molar-refractivity contribution in [2.24, 2.45) is 0 Å². The van der Waals surface area contributed by atoms with Gasteiger partial charge in [-0.15, -0.1) is 0 Å². The summed E-state index contributed by atoms with van der Waals surface area (Å²) < 4.78 is 14.4. The Bertz CT molecular complexity index is 1720. The molecule has 1 fully saturated rings. The monoisotopic (exact) mass is 550 g/mol. The van der Waals surface area contributed by atoms with Crippen LogP contribution in [-0.4, -0.2) is 39.4 Å². The van der Waals surface area contributed by atoms with Crippen LogP contribution in [0.15, 0.2) is 106 Å². The maximum absolute atomic E-state index is 12.4. The number of nitrogens with one attached hydrogen (secondary N) is 2. The summed E-state index contributed by atoms with van der Waals surface area (Å²) in [4.78, 5) is 23.7. The van der Waals surface area contributed by atoms with Gasteiger partial charge in [0.1, 0.15) is 23.3 Å². The van der Waals surface area contributed by atoms with Gasteiger partial charge in [0.25, 0.3) is 5.56 Å². The lowest BCUT2D eigenvalue weighted by Gasteiger charge is -2.35. The van der Waals surface area contributed by atoms with E-state index in [9.17, 15) is 4.79 Å².